The van der Waals surface area contributed by atoms with Crippen LogP contribution in [0.3, 0.4) is 0 Å². The third-order valence-electron chi connectivity index (χ3n) is 4.53. The fourth-order valence-electron chi connectivity index (χ4n) is 3.78. The first-order valence-corrected chi connectivity index (χ1v) is 8.13. The van der Waals surface area contributed by atoms with Crippen LogP contribution in [-0.4, -0.2) is 25.5 Å². The molecule has 0 aromatic heterocycles. The minimum atomic E-state index is -4.77. The molecule has 1 saturated carbocycles. The summed E-state index contributed by atoms with van der Waals surface area (Å²) in [7, 11) is 1.63. The van der Waals surface area contributed by atoms with Crippen molar-refractivity contribution in [1.82, 2.24) is 0 Å². The summed E-state index contributed by atoms with van der Waals surface area (Å²) in [5, 5.41) is 2.72. The van der Waals surface area contributed by atoms with E-state index in [1.165, 1.54) is 18.2 Å². The Hall–Kier alpha value is -1.76. The number of hydrogen-bond donors (Lipinski definition) is 1. The number of ether oxygens (including phenoxy) is 2. The summed E-state index contributed by atoms with van der Waals surface area (Å²) in [6, 6.07) is 5.29. The van der Waals surface area contributed by atoms with E-state index in [1.54, 1.807) is 7.11 Å². The Morgan fingerprint density at radius 1 is 1.24 bits per heavy atom. The Kier molecular flexibility index (Phi) is 5.37. The van der Waals surface area contributed by atoms with E-state index in [9.17, 15) is 18.0 Å². The van der Waals surface area contributed by atoms with E-state index in [1.807, 2.05) is 6.92 Å². The van der Waals surface area contributed by atoms with Crippen LogP contribution in [0.1, 0.15) is 40.0 Å². The molecule has 1 amide bonds. The van der Waals surface area contributed by atoms with Crippen molar-refractivity contribution >= 4 is 11.6 Å². The molecule has 0 aliphatic heterocycles. The highest BCUT2D eigenvalue weighted by atomic mass is 19.4. The summed E-state index contributed by atoms with van der Waals surface area (Å²) >= 11 is 0. The fraction of sp³-hybridized carbons (Fsp3) is 0.611. The molecular formula is C18H24F3NO3. The number of benzene rings is 1. The van der Waals surface area contributed by atoms with E-state index >= 15 is 0 Å². The first-order chi connectivity index (χ1) is 11.4. The van der Waals surface area contributed by atoms with E-state index in [4.69, 9.17) is 4.74 Å². The summed E-state index contributed by atoms with van der Waals surface area (Å²) in [5.74, 6) is -0.597. The number of amides is 1. The van der Waals surface area contributed by atoms with Crippen LogP contribution in [0.15, 0.2) is 24.3 Å². The predicted molar refractivity (Wildman–Crippen MR) is 88.3 cm³/mol. The van der Waals surface area contributed by atoms with E-state index in [0.717, 1.165) is 12.5 Å². The van der Waals surface area contributed by atoms with Gasteiger partial charge in [0.1, 0.15) is 5.75 Å². The van der Waals surface area contributed by atoms with Gasteiger partial charge in [0.25, 0.3) is 0 Å². The maximum absolute atomic E-state index is 12.8. The molecule has 1 N–H and O–H groups in total. The van der Waals surface area contributed by atoms with Crippen LogP contribution in [-0.2, 0) is 9.53 Å². The molecule has 4 nitrogen and oxygen atoms in total. The number of anilines is 1. The average molecular weight is 359 g/mol. The number of hydrogen-bond acceptors (Lipinski definition) is 3. The van der Waals surface area contributed by atoms with Gasteiger partial charge >= 0.3 is 6.36 Å². The Morgan fingerprint density at radius 2 is 1.92 bits per heavy atom. The van der Waals surface area contributed by atoms with Gasteiger partial charge in [-0.2, -0.15) is 0 Å². The monoisotopic (exact) mass is 359 g/mol. The molecule has 1 aliphatic rings. The Balaban J connectivity index is 2.14. The highest BCUT2D eigenvalue weighted by Crippen LogP contribution is 2.47. The molecule has 0 spiro atoms. The third kappa shape index (κ3) is 5.36. The van der Waals surface area contributed by atoms with Gasteiger partial charge in [0.05, 0.1) is 6.10 Å². The number of rotatable bonds is 4. The van der Waals surface area contributed by atoms with Crippen molar-refractivity contribution in [3.05, 3.63) is 24.3 Å². The summed E-state index contributed by atoms with van der Waals surface area (Å²) in [4.78, 5) is 12.8. The van der Waals surface area contributed by atoms with Gasteiger partial charge in [-0.1, -0.05) is 26.8 Å². The van der Waals surface area contributed by atoms with Crippen molar-refractivity contribution in [2.75, 3.05) is 12.4 Å². The summed E-state index contributed by atoms with van der Waals surface area (Å²) in [6.07, 6.45) is -2.70. The van der Waals surface area contributed by atoms with Gasteiger partial charge < -0.3 is 14.8 Å². The average Bonchev–Trinajstić information content (AvgIpc) is 2.43. The van der Waals surface area contributed by atoms with Gasteiger partial charge in [-0.3, -0.25) is 4.79 Å². The smallest absolute Gasteiger partial charge is 0.406 e. The normalized spacial score (nSPS) is 26.1. The van der Waals surface area contributed by atoms with Gasteiger partial charge in [0.15, 0.2) is 0 Å². The highest BCUT2D eigenvalue weighted by molar-refractivity contribution is 5.95. The van der Waals surface area contributed by atoms with Crippen molar-refractivity contribution < 1.29 is 27.4 Å². The molecule has 1 aromatic rings. The van der Waals surface area contributed by atoms with Crippen molar-refractivity contribution in [1.29, 1.82) is 0 Å². The lowest BCUT2D eigenvalue weighted by Crippen LogP contribution is -2.45. The van der Waals surface area contributed by atoms with Gasteiger partial charge in [-0.25, -0.2) is 0 Å². The van der Waals surface area contributed by atoms with E-state index in [2.05, 4.69) is 23.9 Å². The topological polar surface area (TPSA) is 47.6 Å². The summed E-state index contributed by atoms with van der Waals surface area (Å²) in [6.45, 7) is 6.04. The molecule has 0 heterocycles. The minimum Gasteiger partial charge on any atom is -0.406 e. The lowest BCUT2D eigenvalue weighted by molar-refractivity contribution is -0.274. The van der Waals surface area contributed by atoms with E-state index in [-0.39, 0.29) is 28.9 Å². The zero-order valence-electron chi connectivity index (χ0n) is 14.9. The number of alkyl halides is 3. The first kappa shape index (κ1) is 19.6. The maximum Gasteiger partial charge on any atom is 0.573 e. The molecule has 2 unspecified atom stereocenters. The largest absolute Gasteiger partial charge is 0.573 e. The third-order valence-corrected chi connectivity index (χ3v) is 4.53. The first-order valence-electron chi connectivity index (χ1n) is 8.13. The van der Waals surface area contributed by atoms with Crippen LogP contribution in [0, 0.1) is 10.8 Å². The molecule has 2 atom stereocenters. The van der Waals surface area contributed by atoms with Crippen LogP contribution < -0.4 is 10.1 Å². The second kappa shape index (κ2) is 6.86. The van der Waals surface area contributed by atoms with Crippen LogP contribution in [0.25, 0.3) is 0 Å². The van der Waals surface area contributed by atoms with Crippen LogP contribution in [0.2, 0.25) is 0 Å². The molecule has 0 saturated heterocycles. The quantitative estimate of drug-likeness (QED) is 0.843. The lowest BCUT2D eigenvalue weighted by Gasteiger charge is -2.45. The highest BCUT2D eigenvalue weighted by Gasteiger charge is 2.46. The molecular weight excluding hydrogens is 335 g/mol. The van der Waals surface area contributed by atoms with Gasteiger partial charge in [0.2, 0.25) is 5.91 Å². The standard InChI is InChI=1S/C18H24F3NO3/c1-16(2)9-14(24-4)10-17(3,11-16)15(23)22-12-6-5-7-13(8-12)25-18(19,20)21/h5-8,14H,9-11H2,1-4H3,(H,22,23). The predicted octanol–water partition coefficient (Wildman–Crippen LogP) is 4.76. The van der Waals surface area contributed by atoms with Crippen LogP contribution in [0.5, 0.6) is 5.75 Å². The number of nitrogens with one attached hydrogen (secondary N) is 1. The molecule has 7 heteroatoms. The summed E-state index contributed by atoms with van der Waals surface area (Å²) < 4.78 is 46.4. The van der Waals surface area contributed by atoms with Crippen molar-refractivity contribution in [2.45, 2.75) is 52.5 Å². The fourth-order valence-corrected chi connectivity index (χ4v) is 3.78. The van der Waals surface area contributed by atoms with Gasteiger partial charge in [-0.15, -0.1) is 13.2 Å². The molecule has 140 valence electrons. The zero-order chi connectivity index (χ0) is 18.9. The Labute approximate surface area is 145 Å². The van der Waals surface area contributed by atoms with Crippen LogP contribution >= 0.6 is 0 Å². The summed E-state index contributed by atoms with van der Waals surface area (Å²) in [5.41, 5.74) is -0.458. The SMILES string of the molecule is COC1CC(C)(C)CC(C)(C(=O)Nc2cccc(OC(F)(F)F)c2)C1. The maximum atomic E-state index is 12.8. The Bertz CT molecular complexity index is 630. The molecule has 1 fully saturated rings. The molecule has 2 rings (SSSR count). The second-order valence-electron chi connectivity index (χ2n) is 7.70. The van der Waals surface area contributed by atoms with Gasteiger partial charge in [0, 0.05) is 24.3 Å². The van der Waals surface area contributed by atoms with E-state index < -0.39 is 11.8 Å². The molecule has 25 heavy (non-hydrogen) atoms. The molecule has 1 aliphatic carbocycles. The zero-order valence-corrected chi connectivity index (χ0v) is 14.9. The number of carbonyl (C=O) groups is 1. The number of halogens is 3. The number of carbonyl (C=O) groups excluding carboxylic acids is 1. The molecule has 0 radical (unpaired) electrons. The van der Waals surface area contributed by atoms with Crippen molar-refractivity contribution in [3.8, 4) is 5.75 Å². The Morgan fingerprint density at radius 3 is 2.52 bits per heavy atom. The van der Waals surface area contributed by atoms with E-state index in [0.29, 0.717) is 12.8 Å². The number of methoxy groups -OCH3 is 1. The van der Waals surface area contributed by atoms with Crippen LogP contribution in [0.4, 0.5) is 18.9 Å². The van der Waals surface area contributed by atoms with Crippen molar-refractivity contribution in [2.24, 2.45) is 10.8 Å². The molecule has 1 aromatic carbocycles. The van der Waals surface area contributed by atoms with Crippen molar-refractivity contribution in [3.63, 3.8) is 0 Å². The second-order valence-corrected chi connectivity index (χ2v) is 7.70. The van der Waals surface area contributed by atoms with Gasteiger partial charge in [-0.05, 0) is 36.8 Å². The minimum absolute atomic E-state index is 0.0283. The molecule has 0 bridgehead atoms. The lowest BCUT2D eigenvalue weighted by atomic mass is 9.63.